The predicted molar refractivity (Wildman–Crippen MR) is 87.2 cm³/mol. The van der Waals surface area contributed by atoms with Gasteiger partial charge in [-0.15, -0.1) is 5.10 Å². The summed E-state index contributed by atoms with van der Waals surface area (Å²) < 4.78 is 7.33. The summed E-state index contributed by atoms with van der Waals surface area (Å²) >= 11 is 0. The van der Waals surface area contributed by atoms with Crippen LogP contribution in [-0.4, -0.2) is 31.1 Å². The van der Waals surface area contributed by atoms with Crippen LogP contribution in [0, 0.1) is 0 Å². The molecule has 2 heterocycles. The third kappa shape index (κ3) is 4.67. The molecule has 0 spiro atoms. The van der Waals surface area contributed by atoms with Crippen molar-refractivity contribution in [1.29, 1.82) is 0 Å². The Morgan fingerprint density at radius 3 is 2.92 bits per heavy atom. The number of carbonyl (C=O) groups excluding carboxylic acids is 1. The molecule has 0 saturated carbocycles. The van der Waals surface area contributed by atoms with Gasteiger partial charge in [-0.25, -0.2) is 0 Å². The van der Waals surface area contributed by atoms with Gasteiger partial charge >= 0.3 is 0 Å². The lowest BCUT2D eigenvalue weighted by molar-refractivity contribution is -0.116. The molecule has 0 atom stereocenters. The van der Waals surface area contributed by atoms with Crippen LogP contribution in [0.2, 0.25) is 0 Å². The number of aromatic nitrogens is 5. The van der Waals surface area contributed by atoms with Gasteiger partial charge in [-0.2, -0.15) is 5.10 Å². The number of anilines is 1. The maximum Gasteiger partial charge on any atom is 0.225 e. The first-order valence-electron chi connectivity index (χ1n) is 7.66. The number of nitrogens with zero attached hydrogens (tertiary/aromatic N) is 4. The molecule has 8 heteroatoms. The number of nitrogens with one attached hydrogen (secondary N) is 2. The number of amides is 1. The van der Waals surface area contributed by atoms with E-state index in [4.69, 9.17) is 4.74 Å². The summed E-state index contributed by atoms with van der Waals surface area (Å²) in [6, 6.07) is 11.3. The molecular formula is C16H18N6O2. The van der Waals surface area contributed by atoms with E-state index in [0.717, 1.165) is 11.4 Å². The largest absolute Gasteiger partial charge is 0.487 e. The molecular weight excluding hydrogens is 308 g/mol. The highest BCUT2D eigenvalue weighted by Crippen LogP contribution is 2.10. The Hall–Kier alpha value is -3.16. The molecule has 2 aromatic heterocycles. The van der Waals surface area contributed by atoms with Crippen molar-refractivity contribution in [2.75, 3.05) is 5.32 Å². The van der Waals surface area contributed by atoms with E-state index in [1.807, 2.05) is 36.5 Å². The van der Waals surface area contributed by atoms with Gasteiger partial charge in [0.05, 0.1) is 12.4 Å². The molecule has 3 aromatic rings. The quantitative estimate of drug-likeness (QED) is 0.660. The number of aryl methyl sites for hydroxylation is 1. The van der Waals surface area contributed by atoms with Crippen molar-refractivity contribution in [3.8, 4) is 5.75 Å². The SMILES string of the molecule is O=C(CCCn1cc(COc2ccccc2)nn1)Nc1ccn[nH]1. The maximum atomic E-state index is 11.7. The third-order valence-corrected chi connectivity index (χ3v) is 3.28. The van der Waals surface area contributed by atoms with Crippen LogP contribution < -0.4 is 10.1 Å². The van der Waals surface area contributed by atoms with Crippen molar-refractivity contribution < 1.29 is 9.53 Å². The molecule has 3 rings (SSSR count). The number of aromatic amines is 1. The van der Waals surface area contributed by atoms with Gasteiger partial charge in [0.25, 0.3) is 0 Å². The van der Waals surface area contributed by atoms with Crippen LogP contribution in [0.25, 0.3) is 0 Å². The summed E-state index contributed by atoms with van der Waals surface area (Å²) in [5.41, 5.74) is 0.751. The fraction of sp³-hybridized carbons (Fsp3) is 0.250. The zero-order chi connectivity index (χ0) is 16.6. The summed E-state index contributed by atoms with van der Waals surface area (Å²) in [4.78, 5) is 11.7. The van der Waals surface area contributed by atoms with Crippen LogP contribution in [0.1, 0.15) is 18.5 Å². The number of ether oxygens (including phenoxy) is 1. The number of para-hydroxylation sites is 1. The molecule has 8 nitrogen and oxygen atoms in total. The molecule has 24 heavy (non-hydrogen) atoms. The van der Waals surface area contributed by atoms with E-state index in [0.29, 0.717) is 31.8 Å². The molecule has 0 aliphatic rings. The molecule has 0 bridgehead atoms. The standard InChI is InChI=1S/C16H18N6O2/c23-16(18-15-8-9-17-20-15)7-4-10-22-11-13(19-21-22)12-24-14-5-2-1-3-6-14/h1-3,5-6,8-9,11H,4,7,10,12H2,(H2,17,18,20,23). The number of rotatable bonds is 8. The second-order valence-electron chi connectivity index (χ2n) is 5.20. The molecule has 1 amide bonds. The van der Waals surface area contributed by atoms with E-state index in [9.17, 15) is 4.79 Å². The zero-order valence-electron chi connectivity index (χ0n) is 13.1. The minimum atomic E-state index is -0.0630. The Labute approximate surface area is 138 Å². The third-order valence-electron chi connectivity index (χ3n) is 3.28. The highest BCUT2D eigenvalue weighted by molar-refractivity contribution is 5.89. The lowest BCUT2D eigenvalue weighted by Crippen LogP contribution is -2.12. The molecule has 0 saturated heterocycles. The first-order chi connectivity index (χ1) is 11.8. The Morgan fingerprint density at radius 2 is 2.12 bits per heavy atom. The summed E-state index contributed by atoms with van der Waals surface area (Å²) in [7, 11) is 0. The first-order valence-corrected chi connectivity index (χ1v) is 7.66. The van der Waals surface area contributed by atoms with Gasteiger partial charge in [0.2, 0.25) is 5.91 Å². The molecule has 0 radical (unpaired) electrons. The van der Waals surface area contributed by atoms with Crippen LogP contribution in [0.4, 0.5) is 5.82 Å². The molecule has 0 unspecified atom stereocenters. The minimum absolute atomic E-state index is 0.0630. The van der Waals surface area contributed by atoms with Gasteiger partial charge in [0.1, 0.15) is 23.9 Å². The molecule has 124 valence electrons. The highest BCUT2D eigenvalue weighted by atomic mass is 16.5. The van der Waals surface area contributed by atoms with E-state index >= 15 is 0 Å². The van der Waals surface area contributed by atoms with E-state index in [1.165, 1.54) is 0 Å². The van der Waals surface area contributed by atoms with Crippen molar-refractivity contribution in [2.45, 2.75) is 26.0 Å². The van der Waals surface area contributed by atoms with Crippen molar-refractivity contribution in [1.82, 2.24) is 25.2 Å². The number of carbonyl (C=O) groups is 1. The molecule has 2 N–H and O–H groups in total. The number of hydrogen-bond acceptors (Lipinski definition) is 5. The topological polar surface area (TPSA) is 97.7 Å². The van der Waals surface area contributed by atoms with Crippen LogP contribution in [0.5, 0.6) is 5.75 Å². The zero-order valence-corrected chi connectivity index (χ0v) is 13.1. The fourth-order valence-corrected chi connectivity index (χ4v) is 2.13. The van der Waals surface area contributed by atoms with E-state index in [2.05, 4.69) is 25.8 Å². The maximum absolute atomic E-state index is 11.7. The Balaban J connectivity index is 1.39. The minimum Gasteiger partial charge on any atom is -0.487 e. The van der Waals surface area contributed by atoms with Crippen molar-refractivity contribution >= 4 is 11.7 Å². The van der Waals surface area contributed by atoms with E-state index in [-0.39, 0.29) is 5.91 Å². The summed E-state index contributed by atoms with van der Waals surface area (Å²) in [5, 5.41) is 17.3. The number of benzene rings is 1. The fourth-order valence-electron chi connectivity index (χ4n) is 2.13. The Morgan fingerprint density at radius 1 is 1.25 bits per heavy atom. The van der Waals surface area contributed by atoms with Crippen molar-refractivity contribution in [3.05, 3.63) is 54.5 Å². The smallest absolute Gasteiger partial charge is 0.225 e. The average molecular weight is 326 g/mol. The first kappa shape index (κ1) is 15.7. The van der Waals surface area contributed by atoms with Gasteiger partial charge in [-0.05, 0) is 18.6 Å². The van der Waals surface area contributed by atoms with Crippen molar-refractivity contribution in [3.63, 3.8) is 0 Å². The van der Waals surface area contributed by atoms with Crippen LogP contribution in [0.15, 0.2) is 48.8 Å². The Bertz CT molecular complexity index is 754. The normalized spacial score (nSPS) is 10.5. The van der Waals surface area contributed by atoms with Crippen LogP contribution in [0.3, 0.4) is 0 Å². The summed E-state index contributed by atoms with van der Waals surface area (Å²) in [5.74, 6) is 1.33. The molecule has 0 aliphatic heterocycles. The van der Waals surface area contributed by atoms with Crippen LogP contribution >= 0.6 is 0 Å². The number of hydrogen-bond donors (Lipinski definition) is 2. The van der Waals surface area contributed by atoms with Gasteiger partial charge in [-0.1, -0.05) is 23.4 Å². The predicted octanol–water partition coefficient (Wildman–Crippen LogP) is 2.00. The van der Waals surface area contributed by atoms with Crippen LogP contribution in [-0.2, 0) is 17.9 Å². The van der Waals surface area contributed by atoms with Gasteiger partial charge in [0, 0.05) is 19.0 Å². The summed E-state index contributed by atoms with van der Waals surface area (Å²) in [6.07, 6.45) is 4.48. The lowest BCUT2D eigenvalue weighted by atomic mass is 10.3. The van der Waals surface area contributed by atoms with Gasteiger partial charge < -0.3 is 10.1 Å². The average Bonchev–Trinajstić information content (AvgIpc) is 3.26. The number of H-pyrrole nitrogens is 1. The second kappa shape index (κ2) is 7.91. The van der Waals surface area contributed by atoms with Crippen molar-refractivity contribution in [2.24, 2.45) is 0 Å². The van der Waals surface area contributed by atoms with E-state index < -0.39 is 0 Å². The molecule has 0 aliphatic carbocycles. The Kier molecular flexibility index (Phi) is 5.18. The van der Waals surface area contributed by atoms with Gasteiger partial charge in [0.15, 0.2) is 0 Å². The second-order valence-corrected chi connectivity index (χ2v) is 5.20. The molecule has 1 aromatic carbocycles. The molecule has 0 fully saturated rings. The lowest BCUT2D eigenvalue weighted by Gasteiger charge is -2.03. The monoisotopic (exact) mass is 326 g/mol. The highest BCUT2D eigenvalue weighted by Gasteiger charge is 2.05. The summed E-state index contributed by atoms with van der Waals surface area (Å²) in [6.45, 7) is 0.985. The van der Waals surface area contributed by atoms with Gasteiger partial charge in [-0.3, -0.25) is 14.6 Å². The van der Waals surface area contributed by atoms with E-state index in [1.54, 1.807) is 16.9 Å².